The predicted octanol–water partition coefficient (Wildman–Crippen LogP) is 3.01. The first kappa shape index (κ1) is 30.2. The van der Waals surface area contributed by atoms with Crippen LogP contribution in [-0.4, -0.2) is 75.9 Å². The number of esters is 1. The Hall–Kier alpha value is -3.77. The van der Waals surface area contributed by atoms with Crippen molar-refractivity contribution in [3.8, 4) is 17.1 Å². The van der Waals surface area contributed by atoms with Gasteiger partial charge in [0, 0.05) is 19.5 Å². The lowest BCUT2D eigenvalue weighted by Gasteiger charge is -2.37. The highest BCUT2D eigenvalue weighted by molar-refractivity contribution is 6.47. The molecule has 2 unspecified atom stereocenters. The Morgan fingerprint density at radius 3 is 2.51 bits per heavy atom. The molecule has 1 saturated heterocycles. The number of imidazole rings is 1. The van der Waals surface area contributed by atoms with Crippen LogP contribution in [0.1, 0.15) is 44.6 Å². The summed E-state index contributed by atoms with van der Waals surface area (Å²) in [5.74, 6) is -2.01. The molecular formula is C29H33BF2N3O6. The number of methoxy groups -OCH3 is 1. The smallest absolute Gasteiger partial charge is 0.331 e. The minimum atomic E-state index is -1.08. The van der Waals surface area contributed by atoms with Crippen LogP contribution in [0.5, 0.6) is 5.75 Å². The summed E-state index contributed by atoms with van der Waals surface area (Å²) in [7, 11) is 4.32. The van der Waals surface area contributed by atoms with Crippen molar-refractivity contribution in [2.24, 2.45) is 7.05 Å². The van der Waals surface area contributed by atoms with E-state index in [0.717, 1.165) is 12.1 Å². The van der Waals surface area contributed by atoms with Gasteiger partial charge in [-0.1, -0.05) is 12.1 Å². The van der Waals surface area contributed by atoms with Crippen LogP contribution in [0.3, 0.4) is 0 Å². The molecule has 9 nitrogen and oxygen atoms in total. The largest absolute Gasteiger partial charge is 0.489 e. The SMILES string of the molecule is COC(=O)C1CC(Oc2cccc([B]OC(C)(C)C(C)(C)O)c2)CN1C(=O)c1cnc(-c2ccc(F)cc2F)n1C. The molecule has 0 saturated carbocycles. The van der Waals surface area contributed by atoms with Crippen molar-refractivity contribution >= 4 is 24.8 Å². The zero-order chi connectivity index (χ0) is 30.1. The number of ether oxygens (including phenoxy) is 2. The van der Waals surface area contributed by atoms with Gasteiger partial charge in [0.2, 0.25) is 0 Å². The molecule has 1 aromatic heterocycles. The summed E-state index contributed by atoms with van der Waals surface area (Å²) >= 11 is 0. The monoisotopic (exact) mass is 568 g/mol. The number of aliphatic hydroxyl groups is 1. The molecule has 0 spiro atoms. The standard InChI is InChI=1S/C29H33BF2N3O6/c1-28(2,38)29(3,4)41-30-17-8-7-9-19(12-17)40-20-14-23(27(37)39-6)35(16-20)26(36)24-15-33-25(34(24)5)21-11-10-18(31)13-22(21)32/h7-13,15,20,23,38H,14,16H2,1-6H3. The highest BCUT2D eigenvalue weighted by atomic mass is 19.1. The third kappa shape index (κ3) is 6.44. The van der Waals surface area contributed by atoms with E-state index in [1.165, 1.54) is 36.3 Å². The summed E-state index contributed by atoms with van der Waals surface area (Å²) in [5, 5.41) is 10.3. The molecule has 1 aliphatic heterocycles. The van der Waals surface area contributed by atoms with Crippen molar-refractivity contribution in [3.05, 3.63) is 66.0 Å². The number of carbonyl (C=O) groups excluding carboxylic acids is 2. The van der Waals surface area contributed by atoms with Crippen LogP contribution in [0.4, 0.5) is 8.78 Å². The molecular weight excluding hydrogens is 535 g/mol. The molecule has 2 heterocycles. The van der Waals surface area contributed by atoms with Crippen molar-refractivity contribution in [3.63, 3.8) is 0 Å². The Kier molecular flexibility index (Phi) is 8.56. The molecule has 12 heteroatoms. The Balaban J connectivity index is 1.51. The summed E-state index contributed by atoms with van der Waals surface area (Å²) in [4.78, 5) is 31.8. The number of amides is 1. The third-order valence-electron chi connectivity index (χ3n) is 7.50. The quantitative estimate of drug-likeness (QED) is 0.313. The van der Waals surface area contributed by atoms with Crippen LogP contribution in [0.15, 0.2) is 48.7 Å². The van der Waals surface area contributed by atoms with Crippen molar-refractivity contribution in [2.75, 3.05) is 13.7 Å². The van der Waals surface area contributed by atoms with Gasteiger partial charge in [-0.3, -0.25) is 4.79 Å². The van der Waals surface area contributed by atoms with Crippen LogP contribution in [0, 0.1) is 11.6 Å². The lowest BCUT2D eigenvalue weighted by atomic mass is 9.82. The molecule has 3 aromatic rings. The maximum Gasteiger partial charge on any atom is 0.331 e. The van der Waals surface area contributed by atoms with Crippen LogP contribution in [0.25, 0.3) is 11.4 Å². The first-order valence-electron chi connectivity index (χ1n) is 13.1. The lowest BCUT2D eigenvalue weighted by Crippen LogP contribution is -2.49. The van der Waals surface area contributed by atoms with Gasteiger partial charge < -0.3 is 28.7 Å². The van der Waals surface area contributed by atoms with Gasteiger partial charge in [-0.2, -0.15) is 0 Å². The summed E-state index contributed by atoms with van der Waals surface area (Å²) in [6.45, 7) is 6.97. The number of benzene rings is 2. The molecule has 41 heavy (non-hydrogen) atoms. The second-order valence-corrected chi connectivity index (χ2v) is 11.0. The number of rotatable bonds is 9. The first-order valence-corrected chi connectivity index (χ1v) is 13.1. The summed E-state index contributed by atoms with van der Waals surface area (Å²) in [6.07, 6.45) is 0.942. The summed E-state index contributed by atoms with van der Waals surface area (Å²) < 4.78 is 46.1. The zero-order valence-corrected chi connectivity index (χ0v) is 23.9. The Bertz CT molecular complexity index is 1440. The first-order chi connectivity index (χ1) is 19.2. The van der Waals surface area contributed by atoms with Gasteiger partial charge in [0.05, 0.1) is 36.6 Å². The van der Waals surface area contributed by atoms with E-state index in [9.17, 15) is 23.5 Å². The number of hydrogen-bond donors (Lipinski definition) is 1. The molecule has 0 bridgehead atoms. The maximum absolute atomic E-state index is 14.4. The molecule has 1 radical (unpaired) electrons. The zero-order valence-electron chi connectivity index (χ0n) is 23.9. The number of carbonyl (C=O) groups is 2. The summed E-state index contributed by atoms with van der Waals surface area (Å²) in [5.41, 5.74) is -1.08. The highest BCUT2D eigenvalue weighted by Crippen LogP contribution is 2.28. The van der Waals surface area contributed by atoms with E-state index < -0.39 is 46.9 Å². The number of halogens is 2. The topological polar surface area (TPSA) is 103 Å². The second kappa shape index (κ2) is 11.6. The average Bonchev–Trinajstić information content (AvgIpc) is 3.50. The molecule has 0 aliphatic carbocycles. The fraction of sp³-hybridized carbons (Fsp3) is 0.414. The molecule has 1 fully saturated rings. The van der Waals surface area contributed by atoms with Gasteiger partial charge in [-0.15, -0.1) is 0 Å². The Morgan fingerprint density at radius 1 is 1.12 bits per heavy atom. The van der Waals surface area contributed by atoms with Crippen LogP contribution in [0.2, 0.25) is 0 Å². The molecule has 1 N–H and O–H groups in total. The average molecular weight is 568 g/mol. The predicted molar refractivity (Wildman–Crippen MR) is 148 cm³/mol. The summed E-state index contributed by atoms with van der Waals surface area (Å²) in [6, 6.07) is 9.29. The van der Waals surface area contributed by atoms with Crippen molar-refractivity contribution in [2.45, 2.75) is 57.5 Å². The normalized spacial score (nSPS) is 17.4. The minimum absolute atomic E-state index is 0.0340. The van der Waals surface area contributed by atoms with Crippen molar-refractivity contribution in [1.29, 1.82) is 0 Å². The fourth-order valence-corrected chi connectivity index (χ4v) is 4.36. The van der Waals surface area contributed by atoms with Gasteiger partial charge in [0.15, 0.2) is 0 Å². The van der Waals surface area contributed by atoms with Crippen molar-refractivity contribution in [1.82, 2.24) is 14.5 Å². The molecule has 4 rings (SSSR count). The minimum Gasteiger partial charge on any atom is -0.489 e. The highest BCUT2D eigenvalue weighted by Gasteiger charge is 2.43. The van der Waals surface area contributed by atoms with Crippen molar-refractivity contribution < 1.29 is 37.6 Å². The van der Waals surface area contributed by atoms with Gasteiger partial charge in [0.1, 0.15) is 41.0 Å². The van der Waals surface area contributed by atoms with Gasteiger partial charge in [0.25, 0.3) is 5.91 Å². The van der Waals surface area contributed by atoms with E-state index in [4.69, 9.17) is 14.1 Å². The number of nitrogens with zero attached hydrogens (tertiary/aromatic N) is 3. The third-order valence-corrected chi connectivity index (χ3v) is 7.50. The van der Waals surface area contributed by atoms with Crippen LogP contribution < -0.4 is 10.2 Å². The molecule has 1 amide bonds. The van der Waals surface area contributed by atoms with Crippen LogP contribution >= 0.6 is 0 Å². The van der Waals surface area contributed by atoms with E-state index in [2.05, 4.69) is 4.98 Å². The Morgan fingerprint density at radius 2 is 1.85 bits per heavy atom. The maximum atomic E-state index is 14.4. The molecule has 2 atom stereocenters. The lowest BCUT2D eigenvalue weighted by molar-refractivity contribution is -0.145. The fourth-order valence-electron chi connectivity index (χ4n) is 4.36. The molecule has 1 aliphatic rings. The number of likely N-dealkylation sites (tertiary alicyclic amines) is 1. The van der Waals surface area contributed by atoms with E-state index in [1.807, 2.05) is 6.07 Å². The Labute approximate surface area is 238 Å². The van der Waals surface area contributed by atoms with E-state index in [0.29, 0.717) is 11.2 Å². The van der Waals surface area contributed by atoms with Gasteiger partial charge in [-0.05, 0) is 57.4 Å². The van der Waals surface area contributed by atoms with Gasteiger partial charge in [-0.25, -0.2) is 18.6 Å². The number of hydrogen-bond acceptors (Lipinski definition) is 7. The van der Waals surface area contributed by atoms with Gasteiger partial charge >= 0.3 is 13.5 Å². The molecule has 2 aromatic carbocycles. The number of aromatic nitrogens is 2. The second-order valence-electron chi connectivity index (χ2n) is 11.0. The van der Waals surface area contributed by atoms with Crippen LogP contribution in [-0.2, 0) is 21.2 Å². The molecule has 217 valence electrons. The van der Waals surface area contributed by atoms with E-state index >= 15 is 0 Å². The van der Waals surface area contributed by atoms with E-state index in [1.54, 1.807) is 52.9 Å². The van der Waals surface area contributed by atoms with E-state index in [-0.39, 0.29) is 30.0 Å².